The zero-order valence-corrected chi connectivity index (χ0v) is 9.66. The molecular formula is C10H19NO4. The number of carbonyl (C=O) groups is 2. The first-order chi connectivity index (χ1) is 6.76. The van der Waals surface area contributed by atoms with Crippen molar-refractivity contribution in [3.8, 4) is 0 Å². The predicted octanol–water partition coefficient (Wildman–Crippen LogP) is 0.781. The van der Waals surface area contributed by atoms with Crippen LogP contribution in [-0.2, 0) is 14.3 Å². The van der Waals surface area contributed by atoms with E-state index in [0.29, 0.717) is 0 Å². The molecule has 5 heteroatoms. The van der Waals surface area contributed by atoms with Gasteiger partial charge >= 0.3 is 11.9 Å². The zero-order chi connectivity index (χ0) is 12.1. The molecule has 0 radical (unpaired) electrons. The highest BCUT2D eigenvalue weighted by atomic mass is 16.5. The molecule has 0 aromatic rings. The molecule has 0 bridgehead atoms. The van der Waals surface area contributed by atoms with Gasteiger partial charge in [-0.1, -0.05) is 0 Å². The molecule has 1 atom stereocenters. The van der Waals surface area contributed by atoms with Crippen molar-refractivity contribution in [1.29, 1.82) is 0 Å². The number of hydrogen-bond donors (Lipinski definition) is 2. The van der Waals surface area contributed by atoms with Crippen LogP contribution >= 0.6 is 0 Å². The lowest BCUT2D eigenvalue weighted by Gasteiger charge is -2.26. The highest BCUT2D eigenvalue weighted by Gasteiger charge is 2.26. The summed E-state index contributed by atoms with van der Waals surface area (Å²) in [6, 6.07) is -0.789. The second kappa shape index (κ2) is 5.70. The van der Waals surface area contributed by atoms with Crippen LogP contribution in [0, 0.1) is 0 Å². The number of rotatable bonds is 5. The van der Waals surface area contributed by atoms with Crippen LogP contribution in [0.1, 0.15) is 34.1 Å². The molecule has 0 rings (SSSR count). The Balaban J connectivity index is 4.44. The van der Waals surface area contributed by atoms with E-state index in [4.69, 9.17) is 9.84 Å². The van der Waals surface area contributed by atoms with E-state index in [2.05, 4.69) is 5.32 Å². The number of nitrogens with one attached hydrogen (secondary N) is 1. The van der Waals surface area contributed by atoms with Gasteiger partial charge in [0.1, 0.15) is 6.04 Å². The molecule has 5 nitrogen and oxygen atoms in total. The molecule has 15 heavy (non-hydrogen) atoms. The Kier molecular flexibility index (Phi) is 5.28. The van der Waals surface area contributed by atoms with E-state index in [1.165, 1.54) is 0 Å². The number of ether oxygens (including phenoxy) is 1. The second-order valence-electron chi connectivity index (χ2n) is 4.30. The monoisotopic (exact) mass is 217 g/mol. The summed E-state index contributed by atoms with van der Waals surface area (Å²) < 4.78 is 4.79. The molecule has 0 aromatic heterocycles. The largest absolute Gasteiger partial charge is 0.481 e. The first-order valence-corrected chi connectivity index (χ1v) is 4.92. The van der Waals surface area contributed by atoms with Gasteiger partial charge in [-0.25, -0.2) is 0 Å². The van der Waals surface area contributed by atoms with Crippen LogP contribution < -0.4 is 5.32 Å². The molecule has 0 amide bonds. The Morgan fingerprint density at radius 3 is 2.27 bits per heavy atom. The van der Waals surface area contributed by atoms with E-state index >= 15 is 0 Å². The van der Waals surface area contributed by atoms with Crippen molar-refractivity contribution < 1.29 is 19.4 Å². The molecular weight excluding hydrogens is 198 g/mol. The summed E-state index contributed by atoms with van der Waals surface area (Å²) in [7, 11) is 0. The van der Waals surface area contributed by atoms with Crippen LogP contribution in [0.2, 0.25) is 0 Å². The van der Waals surface area contributed by atoms with Crippen LogP contribution in [0.15, 0.2) is 0 Å². The summed E-state index contributed by atoms with van der Waals surface area (Å²) >= 11 is 0. The third-order valence-electron chi connectivity index (χ3n) is 1.56. The summed E-state index contributed by atoms with van der Waals surface area (Å²) in [6.07, 6.45) is -0.268. The molecule has 88 valence electrons. The molecule has 0 aliphatic heterocycles. The molecule has 0 saturated heterocycles. The van der Waals surface area contributed by atoms with Gasteiger partial charge in [0, 0.05) is 5.54 Å². The van der Waals surface area contributed by atoms with Crippen LogP contribution in [0.25, 0.3) is 0 Å². The van der Waals surface area contributed by atoms with E-state index in [9.17, 15) is 9.59 Å². The van der Waals surface area contributed by atoms with Crippen molar-refractivity contribution >= 4 is 11.9 Å². The Bertz CT molecular complexity index is 232. The fourth-order valence-corrected chi connectivity index (χ4v) is 1.13. The molecule has 0 unspecified atom stereocenters. The number of carboxylic acid groups (broad SMARTS) is 1. The number of esters is 1. The van der Waals surface area contributed by atoms with Gasteiger partial charge in [-0.05, 0) is 27.7 Å². The van der Waals surface area contributed by atoms with Crippen LogP contribution in [-0.4, -0.2) is 35.2 Å². The minimum absolute atomic E-state index is 0.251. The van der Waals surface area contributed by atoms with Crippen LogP contribution in [0.3, 0.4) is 0 Å². The lowest BCUT2D eigenvalue weighted by Crippen LogP contribution is -2.49. The van der Waals surface area contributed by atoms with Gasteiger partial charge < -0.3 is 9.84 Å². The normalized spacial score (nSPS) is 13.3. The third kappa shape index (κ3) is 6.90. The summed E-state index contributed by atoms with van der Waals surface area (Å²) in [4.78, 5) is 22.0. The van der Waals surface area contributed by atoms with Crippen molar-refractivity contribution in [2.45, 2.75) is 45.7 Å². The number of carboxylic acids is 1. The lowest BCUT2D eigenvalue weighted by atomic mass is 10.1. The fraction of sp³-hybridized carbons (Fsp3) is 0.800. The van der Waals surface area contributed by atoms with Crippen molar-refractivity contribution in [2.75, 3.05) is 6.61 Å². The maximum Gasteiger partial charge on any atom is 0.323 e. The van der Waals surface area contributed by atoms with E-state index in [-0.39, 0.29) is 18.6 Å². The van der Waals surface area contributed by atoms with Gasteiger partial charge in [0.25, 0.3) is 0 Å². The number of aliphatic carboxylic acids is 1. The maximum atomic E-state index is 11.4. The van der Waals surface area contributed by atoms with Gasteiger partial charge in [-0.3, -0.25) is 14.9 Å². The molecule has 0 aliphatic rings. The van der Waals surface area contributed by atoms with E-state index in [1.54, 1.807) is 6.92 Å². The van der Waals surface area contributed by atoms with Crippen molar-refractivity contribution in [3.63, 3.8) is 0 Å². The van der Waals surface area contributed by atoms with Crippen molar-refractivity contribution in [2.24, 2.45) is 0 Å². The van der Waals surface area contributed by atoms with Crippen molar-refractivity contribution in [1.82, 2.24) is 5.32 Å². The standard InChI is InChI=1S/C10H19NO4/c1-5-15-9(14)7(6-8(12)13)11-10(2,3)4/h7,11H,5-6H2,1-4H3,(H,12,13)/t7-/m0/s1. The SMILES string of the molecule is CCOC(=O)[C@H](CC(=O)O)NC(C)(C)C. The molecule has 0 saturated carbocycles. The Morgan fingerprint density at radius 2 is 1.93 bits per heavy atom. The average Bonchev–Trinajstić information content (AvgIpc) is 1.99. The Labute approximate surface area is 89.8 Å². The van der Waals surface area contributed by atoms with Gasteiger partial charge in [-0.2, -0.15) is 0 Å². The average molecular weight is 217 g/mol. The van der Waals surface area contributed by atoms with Gasteiger partial charge in [0.15, 0.2) is 0 Å². The number of carbonyl (C=O) groups excluding carboxylic acids is 1. The predicted molar refractivity (Wildman–Crippen MR) is 55.6 cm³/mol. The smallest absolute Gasteiger partial charge is 0.323 e. The summed E-state index contributed by atoms with van der Waals surface area (Å²) in [5, 5.41) is 11.6. The Morgan fingerprint density at radius 1 is 1.40 bits per heavy atom. The molecule has 0 fully saturated rings. The first kappa shape index (κ1) is 13.9. The van der Waals surface area contributed by atoms with Crippen LogP contribution in [0.4, 0.5) is 0 Å². The van der Waals surface area contributed by atoms with E-state index in [1.807, 2.05) is 20.8 Å². The fourth-order valence-electron chi connectivity index (χ4n) is 1.13. The lowest BCUT2D eigenvalue weighted by molar-refractivity contribution is -0.150. The third-order valence-corrected chi connectivity index (χ3v) is 1.56. The van der Waals surface area contributed by atoms with Gasteiger partial charge in [0.2, 0.25) is 0 Å². The minimum atomic E-state index is -1.02. The Hall–Kier alpha value is -1.10. The van der Waals surface area contributed by atoms with Crippen LogP contribution in [0.5, 0.6) is 0 Å². The molecule has 0 aliphatic carbocycles. The molecule has 0 aromatic carbocycles. The first-order valence-electron chi connectivity index (χ1n) is 4.92. The zero-order valence-electron chi connectivity index (χ0n) is 9.66. The highest BCUT2D eigenvalue weighted by molar-refractivity contribution is 5.82. The topological polar surface area (TPSA) is 75.6 Å². The highest BCUT2D eigenvalue weighted by Crippen LogP contribution is 2.05. The summed E-state index contributed by atoms with van der Waals surface area (Å²) in [6.45, 7) is 7.52. The van der Waals surface area contributed by atoms with E-state index < -0.39 is 18.0 Å². The minimum Gasteiger partial charge on any atom is -0.481 e. The van der Waals surface area contributed by atoms with Crippen molar-refractivity contribution in [3.05, 3.63) is 0 Å². The second-order valence-corrected chi connectivity index (χ2v) is 4.30. The summed E-state index contributed by atoms with van der Waals surface area (Å²) in [5.41, 5.74) is -0.327. The molecule has 0 spiro atoms. The van der Waals surface area contributed by atoms with E-state index in [0.717, 1.165) is 0 Å². The number of hydrogen-bond acceptors (Lipinski definition) is 4. The summed E-state index contributed by atoms with van der Waals surface area (Å²) in [5.74, 6) is -1.54. The van der Waals surface area contributed by atoms with Gasteiger partial charge in [0.05, 0.1) is 13.0 Å². The molecule has 0 heterocycles. The molecule has 2 N–H and O–H groups in total. The quantitative estimate of drug-likeness (QED) is 0.665. The van der Waals surface area contributed by atoms with Gasteiger partial charge in [-0.15, -0.1) is 0 Å². The maximum absolute atomic E-state index is 11.4.